The summed E-state index contributed by atoms with van der Waals surface area (Å²) in [6.07, 6.45) is -2.52. The maximum Gasteiger partial charge on any atom is 0.416 e. The Bertz CT molecular complexity index is 1050. The molecule has 1 aliphatic carbocycles. The summed E-state index contributed by atoms with van der Waals surface area (Å²) in [4.78, 5) is 4.06. The number of pyridine rings is 1. The van der Waals surface area contributed by atoms with E-state index in [1.165, 1.54) is 12.4 Å². The third kappa shape index (κ3) is 3.68. The predicted molar refractivity (Wildman–Crippen MR) is 98.1 cm³/mol. The number of nitrogens with zero attached hydrogens (tertiary/aromatic N) is 3. The number of fused-ring (bicyclic) bond motifs is 1. The molecular formula is C19H17F3N4O3. The minimum Gasteiger partial charge on any atom is -0.507 e. The van der Waals surface area contributed by atoms with Gasteiger partial charge in [-0.1, -0.05) is 0 Å². The van der Waals surface area contributed by atoms with Crippen LogP contribution in [-0.4, -0.2) is 48.8 Å². The maximum absolute atomic E-state index is 12.9. The van der Waals surface area contributed by atoms with Crippen LogP contribution in [0, 0.1) is 0 Å². The molecule has 0 radical (unpaired) electrons. The number of alkyl halides is 3. The van der Waals surface area contributed by atoms with Crippen LogP contribution in [0.15, 0.2) is 36.7 Å². The number of phenolic OH excluding ortho intramolecular Hbond substituents is 1. The molecule has 2 atom stereocenters. The predicted octanol–water partition coefficient (Wildman–Crippen LogP) is 2.71. The van der Waals surface area contributed by atoms with Gasteiger partial charge in [0.05, 0.1) is 17.8 Å². The Morgan fingerprint density at radius 1 is 1.00 bits per heavy atom. The molecule has 4 N–H and O–H groups in total. The lowest BCUT2D eigenvalue weighted by molar-refractivity contribution is -0.137. The van der Waals surface area contributed by atoms with Gasteiger partial charge in [0.1, 0.15) is 11.4 Å². The molecule has 0 saturated heterocycles. The van der Waals surface area contributed by atoms with Crippen molar-refractivity contribution >= 4 is 16.6 Å². The molecule has 29 heavy (non-hydrogen) atoms. The number of rotatable bonds is 3. The molecule has 1 aromatic carbocycles. The van der Waals surface area contributed by atoms with E-state index in [1.807, 2.05) is 0 Å². The Morgan fingerprint density at radius 2 is 1.72 bits per heavy atom. The summed E-state index contributed by atoms with van der Waals surface area (Å²) in [5, 5.41) is 42.0. The first-order chi connectivity index (χ1) is 13.7. The van der Waals surface area contributed by atoms with Gasteiger partial charge >= 0.3 is 6.18 Å². The topological polar surface area (TPSA) is 111 Å². The third-order valence-electron chi connectivity index (χ3n) is 5.00. The normalized spacial score (nSPS) is 22.2. The zero-order valence-corrected chi connectivity index (χ0v) is 14.9. The molecule has 4 rings (SSSR count). The zero-order chi connectivity index (χ0) is 20.8. The van der Waals surface area contributed by atoms with Gasteiger partial charge in [-0.25, -0.2) is 0 Å². The molecular weight excluding hydrogens is 389 g/mol. The maximum atomic E-state index is 12.9. The van der Waals surface area contributed by atoms with Crippen molar-refractivity contribution in [2.24, 2.45) is 0 Å². The third-order valence-corrected chi connectivity index (χ3v) is 5.00. The Balaban J connectivity index is 1.74. The molecule has 1 aliphatic rings. The second-order valence-electron chi connectivity index (χ2n) is 7.00. The molecule has 2 heterocycles. The number of nitrogens with one attached hydrogen (secondary N) is 1. The molecule has 2 aromatic heterocycles. The van der Waals surface area contributed by atoms with Crippen LogP contribution >= 0.6 is 0 Å². The molecule has 0 bridgehead atoms. The van der Waals surface area contributed by atoms with Crippen LogP contribution in [0.3, 0.4) is 0 Å². The highest BCUT2D eigenvalue weighted by molar-refractivity contribution is 6.00. The number of aliphatic hydroxyl groups excluding tert-OH is 2. The van der Waals surface area contributed by atoms with Crippen molar-refractivity contribution < 1.29 is 28.5 Å². The highest BCUT2D eigenvalue weighted by Crippen LogP contribution is 2.38. The van der Waals surface area contributed by atoms with Crippen LogP contribution in [0.4, 0.5) is 19.0 Å². The summed E-state index contributed by atoms with van der Waals surface area (Å²) < 4.78 is 38.6. The van der Waals surface area contributed by atoms with Crippen LogP contribution in [0.1, 0.15) is 18.4 Å². The molecule has 0 spiro atoms. The van der Waals surface area contributed by atoms with E-state index in [-0.39, 0.29) is 17.3 Å². The number of hydrogen-bond acceptors (Lipinski definition) is 7. The van der Waals surface area contributed by atoms with E-state index < -0.39 is 29.7 Å². The summed E-state index contributed by atoms with van der Waals surface area (Å²) in [6, 6.07) is 4.08. The van der Waals surface area contributed by atoms with Crippen molar-refractivity contribution in [3.63, 3.8) is 0 Å². The first kappa shape index (κ1) is 19.3. The molecule has 3 aromatic rings. The summed E-state index contributed by atoms with van der Waals surface area (Å²) >= 11 is 0. The lowest BCUT2D eigenvalue weighted by atomic mass is 10.0. The minimum atomic E-state index is -4.57. The van der Waals surface area contributed by atoms with E-state index in [9.17, 15) is 28.5 Å². The van der Waals surface area contributed by atoms with Crippen molar-refractivity contribution in [1.29, 1.82) is 0 Å². The molecule has 1 saturated carbocycles. The lowest BCUT2D eigenvalue weighted by Crippen LogP contribution is -2.18. The van der Waals surface area contributed by atoms with Crippen molar-refractivity contribution in [2.75, 3.05) is 5.32 Å². The summed E-state index contributed by atoms with van der Waals surface area (Å²) in [7, 11) is 0. The number of aliphatic hydroxyl groups is 2. The Kier molecular flexibility index (Phi) is 4.75. The molecule has 0 aliphatic heterocycles. The van der Waals surface area contributed by atoms with Gasteiger partial charge < -0.3 is 20.6 Å². The first-order valence-corrected chi connectivity index (χ1v) is 8.87. The van der Waals surface area contributed by atoms with Crippen molar-refractivity contribution in [3.8, 4) is 17.0 Å². The lowest BCUT2D eigenvalue weighted by Gasteiger charge is -2.16. The second kappa shape index (κ2) is 7.12. The van der Waals surface area contributed by atoms with E-state index >= 15 is 0 Å². The summed E-state index contributed by atoms with van der Waals surface area (Å²) in [5.74, 6) is -0.190. The van der Waals surface area contributed by atoms with Gasteiger partial charge in [-0.15, -0.1) is 10.2 Å². The highest BCUT2D eigenvalue weighted by atomic mass is 19.4. The fourth-order valence-corrected chi connectivity index (χ4v) is 3.52. The minimum absolute atomic E-state index is 0.111. The first-order valence-electron chi connectivity index (χ1n) is 8.87. The molecule has 152 valence electrons. The number of hydrogen-bond donors (Lipinski definition) is 4. The zero-order valence-electron chi connectivity index (χ0n) is 14.9. The van der Waals surface area contributed by atoms with Crippen molar-refractivity contribution in [1.82, 2.24) is 15.2 Å². The molecule has 1 fully saturated rings. The van der Waals surface area contributed by atoms with Crippen LogP contribution in [-0.2, 0) is 6.18 Å². The van der Waals surface area contributed by atoms with E-state index in [4.69, 9.17) is 0 Å². The fraction of sp³-hybridized carbons (Fsp3) is 0.316. The van der Waals surface area contributed by atoms with Crippen molar-refractivity contribution in [3.05, 3.63) is 42.2 Å². The summed E-state index contributed by atoms with van der Waals surface area (Å²) in [5.41, 5.74) is -0.639. The second-order valence-corrected chi connectivity index (χ2v) is 7.00. The van der Waals surface area contributed by atoms with Crippen LogP contribution in [0.5, 0.6) is 5.75 Å². The average molecular weight is 406 g/mol. The van der Waals surface area contributed by atoms with E-state index in [2.05, 4.69) is 20.5 Å². The molecule has 2 unspecified atom stereocenters. The standard InChI is InChI=1S/C19H17F3N4O3/c20-19(21,22)9-1-2-12(14(27)5-9)17-11-3-4-23-8-13(11)18(26-25-17)24-10-6-15(28)16(29)7-10/h1-5,8,10,15-16,27-29H,6-7H2,(H,24,26). The van der Waals surface area contributed by atoms with Crippen LogP contribution in [0.2, 0.25) is 0 Å². The molecule has 7 nitrogen and oxygen atoms in total. The summed E-state index contributed by atoms with van der Waals surface area (Å²) in [6.45, 7) is 0. The van der Waals surface area contributed by atoms with Crippen LogP contribution in [0.25, 0.3) is 22.0 Å². The molecule has 0 amide bonds. The number of benzene rings is 1. The van der Waals surface area contributed by atoms with Crippen molar-refractivity contribution in [2.45, 2.75) is 37.3 Å². The average Bonchev–Trinajstić information content (AvgIpc) is 2.99. The van der Waals surface area contributed by atoms with Gasteiger partial charge in [-0.2, -0.15) is 13.2 Å². The quantitative estimate of drug-likeness (QED) is 0.529. The number of aromatic hydroxyl groups is 1. The highest BCUT2D eigenvalue weighted by Gasteiger charge is 2.33. The van der Waals surface area contributed by atoms with Crippen LogP contribution < -0.4 is 5.32 Å². The number of phenols is 1. The van der Waals surface area contributed by atoms with Gasteiger partial charge in [0.2, 0.25) is 0 Å². The van der Waals surface area contributed by atoms with Gasteiger partial charge in [-0.05, 0) is 37.1 Å². The van der Waals surface area contributed by atoms with Gasteiger partial charge in [-0.3, -0.25) is 4.98 Å². The van der Waals surface area contributed by atoms with Gasteiger partial charge in [0.15, 0.2) is 5.82 Å². The number of halogens is 3. The van der Waals surface area contributed by atoms with E-state index in [1.54, 1.807) is 6.07 Å². The Hall–Kier alpha value is -2.98. The number of aromatic nitrogens is 3. The Morgan fingerprint density at radius 3 is 2.38 bits per heavy atom. The fourth-order valence-electron chi connectivity index (χ4n) is 3.52. The number of anilines is 1. The van der Waals surface area contributed by atoms with Gasteiger partial charge in [0.25, 0.3) is 0 Å². The largest absolute Gasteiger partial charge is 0.507 e. The van der Waals surface area contributed by atoms with Gasteiger partial charge in [0, 0.05) is 34.8 Å². The Labute approximate surface area is 162 Å². The smallest absolute Gasteiger partial charge is 0.416 e. The monoisotopic (exact) mass is 406 g/mol. The van der Waals surface area contributed by atoms with E-state index in [0.29, 0.717) is 35.5 Å². The SMILES string of the molecule is Oc1cc(C(F)(F)F)ccc1-c1nnc(NC2CC(O)C(O)C2)c2cnccc12. The van der Waals surface area contributed by atoms with E-state index in [0.717, 1.165) is 12.1 Å². The molecule has 10 heteroatoms.